The average Bonchev–Trinajstić information content (AvgIpc) is 2.49. The molecule has 0 saturated carbocycles. The Morgan fingerprint density at radius 3 is 2.57 bits per heavy atom. The first-order chi connectivity index (χ1) is 10.2. The molecule has 0 fully saturated rings. The van der Waals surface area contributed by atoms with E-state index in [2.05, 4.69) is 11.0 Å². The van der Waals surface area contributed by atoms with Crippen molar-refractivity contribution in [3.63, 3.8) is 0 Å². The molecule has 0 aromatic heterocycles. The molecular weight excluding hydrogens is 265 g/mol. The lowest BCUT2D eigenvalue weighted by molar-refractivity contribution is 0.293. The number of phenolic OH excluding ortho intramolecular Hbond substituents is 1. The highest BCUT2D eigenvalue weighted by molar-refractivity contribution is 5.66. The van der Waals surface area contributed by atoms with E-state index in [1.807, 2.05) is 24.3 Å². The van der Waals surface area contributed by atoms with E-state index in [1.54, 1.807) is 12.1 Å². The van der Waals surface area contributed by atoms with Crippen LogP contribution in [0.25, 0.3) is 5.57 Å². The molecule has 1 aliphatic heterocycles. The summed E-state index contributed by atoms with van der Waals surface area (Å²) in [5.74, 6) is 0.118. The van der Waals surface area contributed by atoms with Crippen molar-refractivity contribution in [1.82, 2.24) is 4.90 Å². The standard InChI is InChI=1S/C18H18FNO/c19-17-6-4-15(5-7-17)16-8-10-20(11-9-16)13-14-2-1-3-18(21)12-14/h1-8,12,21H,9-11,13H2. The summed E-state index contributed by atoms with van der Waals surface area (Å²) < 4.78 is 12.9. The van der Waals surface area contributed by atoms with Crippen LogP contribution in [0.3, 0.4) is 0 Å². The van der Waals surface area contributed by atoms with Crippen LogP contribution in [0.2, 0.25) is 0 Å². The highest BCUT2D eigenvalue weighted by atomic mass is 19.1. The fraction of sp³-hybridized carbons (Fsp3) is 0.222. The number of nitrogens with zero attached hydrogens (tertiary/aromatic N) is 1. The molecule has 1 N–H and O–H groups in total. The van der Waals surface area contributed by atoms with Crippen LogP contribution in [0.4, 0.5) is 4.39 Å². The second kappa shape index (κ2) is 6.10. The molecule has 108 valence electrons. The normalized spacial score (nSPS) is 15.8. The molecule has 0 radical (unpaired) electrons. The van der Waals surface area contributed by atoms with Crippen LogP contribution < -0.4 is 0 Å². The maximum absolute atomic E-state index is 12.9. The van der Waals surface area contributed by atoms with E-state index in [0.717, 1.165) is 37.2 Å². The molecule has 0 unspecified atom stereocenters. The number of phenols is 1. The number of benzene rings is 2. The van der Waals surface area contributed by atoms with Gasteiger partial charge in [-0.05, 0) is 47.4 Å². The zero-order chi connectivity index (χ0) is 14.7. The Labute approximate surface area is 124 Å². The van der Waals surface area contributed by atoms with Crippen molar-refractivity contribution in [1.29, 1.82) is 0 Å². The molecule has 0 amide bonds. The fourth-order valence-corrected chi connectivity index (χ4v) is 2.69. The molecule has 0 bridgehead atoms. The summed E-state index contributed by atoms with van der Waals surface area (Å²) in [4.78, 5) is 2.34. The van der Waals surface area contributed by atoms with Crippen molar-refractivity contribution in [2.45, 2.75) is 13.0 Å². The minimum Gasteiger partial charge on any atom is -0.508 e. The molecule has 1 heterocycles. The number of hydrogen-bond acceptors (Lipinski definition) is 2. The van der Waals surface area contributed by atoms with Crippen molar-refractivity contribution in [3.8, 4) is 5.75 Å². The monoisotopic (exact) mass is 283 g/mol. The maximum Gasteiger partial charge on any atom is 0.123 e. The predicted molar refractivity (Wildman–Crippen MR) is 82.4 cm³/mol. The summed E-state index contributed by atoms with van der Waals surface area (Å²) in [5, 5.41) is 9.49. The third-order valence-electron chi connectivity index (χ3n) is 3.83. The lowest BCUT2D eigenvalue weighted by Crippen LogP contribution is -2.27. The van der Waals surface area contributed by atoms with Crippen LogP contribution in [0, 0.1) is 5.82 Å². The van der Waals surface area contributed by atoms with Crippen LogP contribution in [0.1, 0.15) is 17.5 Å². The molecule has 21 heavy (non-hydrogen) atoms. The van der Waals surface area contributed by atoms with Gasteiger partial charge < -0.3 is 5.11 Å². The molecule has 0 aliphatic carbocycles. The smallest absolute Gasteiger partial charge is 0.123 e. The molecule has 2 aromatic carbocycles. The number of rotatable bonds is 3. The Morgan fingerprint density at radius 1 is 1.10 bits per heavy atom. The van der Waals surface area contributed by atoms with E-state index in [-0.39, 0.29) is 5.82 Å². The zero-order valence-corrected chi connectivity index (χ0v) is 11.8. The summed E-state index contributed by atoms with van der Waals surface area (Å²) >= 11 is 0. The summed E-state index contributed by atoms with van der Waals surface area (Å²) in [6.45, 7) is 2.68. The van der Waals surface area contributed by atoms with Gasteiger partial charge in [0.15, 0.2) is 0 Å². The van der Waals surface area contributed by atoms with Crippen LogP contribution in [0.5, 0.6) is 5.75 Å². The quantitative estimate of drug-likeness (QED) is 0.925. The number of halogens is 1. The van der Waals surface area contributed by atoms with Gasteiger partial charge in [0.1, 0.15) is 11.6 Å². The van der Waals surface area contributed by atoms with Gasteiger partial charge in [0.2, 0.25) is 0 Å². The summed E-state index contributed by atoms with van der Waals surface area (Å²) in [6.07, 6.45) is 3.17. The highest BCUT2D eigenvalue weighted by Crippen LogP contribution is 2.23. The van der Waals surface area contributed by atoms with Gasteiger partial charge in [0, 0.05) is 19.6 Å². The molecular formula is C18H18FNO. The van der Waals surface area contributed by atoms with E-state index in [4.69, 9.17) is 0 Å². The third-order valence-corrected chi connectivity index (χ3v) is 3.83. The summed E-state index contributed by atoms with van der Waals surface area (Å²) in [7, 11) is 0. The van der Waals surface area contributed by atoms with E-state index in [1.165, 1.54) is 17.7 Å². The first kappa shape index (κ1) is 13.8. The van der Waals surface area contributed by atoms with E-state index in [9.17, 15) is 9.50 Å². The van der Waals surface area contributed by atoms with Crippen LogP contribution in [-0.4, -0.2) is 23.1 Å². The zero-order valence-electron chi connectivity index (χ0n) is 11.8. The van der Waals surface area contributed by atoms with Crippen molar-refractivity contribution in [2.75, 3.05) is 13.1 Å². The van der Waals surface area contributed by atoms with Gasteiger partial charge in [-0.15, -0.1) is 0 Å². The number of hydrogen-bond donors (Lipinski definition) is 1. The maximum atomic E-state index is 12.9. The van der Waals surface area contributed by atoms with Gasteiger partial charge in [0.05, 0.1) is 0 Å². The second-order valence-corrected chi connectivity index (χ2v) is 5.39. The van der Waals surface area contributed by atoms with Crippen molar-refractivity contribution >= 4 is 5.57 Å². The fourth-order valence-electron chi connectivity index (χ4n) is 2.69. The number of aromatic hydroxyl groups is 1. The largest absolute Gasteiger partial charge is 0.508 e. The lowest BCUT2D eigenvalue weighted by Gasteiger charge is -2.26. The Morgan fingerprint density at radius 2 is 1.90 bits per heavy atom. The van der Waals surface area contributed by atoms with Gasteiger partial charge in [0.25, 0.3) is 0 Å². The van der Waals surface area contributed by atoms with Crippen molar-refractivity contribution in [2.24, 2.45) is 0 Å². The van der Waals surface area contributed by atoms with Gasteiger partial charge in [-0.1, -0.05) is 30.3 Å². The molecule has 0 atom stereocenters. The Hall–Kier alpha value is -2.13. The SMILES string of the molecule is Oc1cccc(CN2CC=C(c3ccc(F)cc3)CC2)c1. The highest BCUT2D eigenvalue weighted by Gasteiger charge is 2.13. The molecule has 3 heteroatoms. The Bertz CT molecular complexity index is 649. The first-order valence-electron chi connectivity index (χ1n) is 7.16. The predicted octanol–water partition coefficient (Wildman–Crippen LogP) is 3.82. The molecule has 0 saturated heterocycles. The molecule has 2 aromatic rings. The Balaban J connectivity index is 1.65. The first-order valence-corrected chi connectivity index (χ1v) is 7.16. The summed E-state index contributed by atoms with van der Waals surface area (Å²) in [5.41, 5.74) is 3.50. The van der Waals surface area contributed by atoms with Gasteiger partial charge in [-0.3, -0.25) is 4.90 Å². The molecule has 1 aliphatic rings. The van der Waals surface area contributed by atoms with Crippen LogP contribution >= 0.6 is 0 Å². The molecule has 0 spiro atoms. The van der Waals surface area contributed by atoms with E-state index < -0.39 is 0 Å². The topological polar surface area (TPSA) is 23.5 Å². The lowest BCUT2D eigenvalue weighted by atomic mass is 9.99. The Kier molecular flexibility index (Phi) is 4.02. The average molecular weight is 283 g/mol. The van der Waals surface area contributed by atoms with Crippen LogP contribution in [0.15, 0.2) is 54.6 Å². The third kappa shape index (κ3) is 3.50. The minimum atomic E-state index is -0.194. The van der Waals surface area contributed by atoms with Gasteiger partial charge >= 0.3 is 0 Å². The van der Waals surface area contributed by atoms with E-state index in [0.29, 0.717) is 5.75 Å². The minimum absolute atomic E-state index is 0.194. The van der Waals surface area contributed by atoms with E-state index >= 15 is 0 Å². The molecule has 3 rings (SSSR count). The summed E-state index contributed by atoms with van der Waals surface area (Å²) in [6, 6.07) is 14.1. The van der Waals surface area contributed by atoms with Gasteiger partial charge in [-0.25, -0.2) is 4.39 Å². The molecule has 2 nitrogen and oxygen atoms in total. The van der Waals surface area contributed by atoms with Gasteiger partial charge in [-0.2, -0.15) is 0 Å². The van der Waals surface area contributed by atoms with Crippen LogP contribution in [-0.2, 0) is 6.54 Å². The van der Waals surface area contributed by atoms with Crippen molar-refractivity contribution in [3.05, 3.63) is 71.6 Å². The second-order valence-electron chi connectivity index (χ2n) is 5.39. The van der Waals surface area contributed by atoms with Crippen molar-refractivity contribution < 1.29 is 9.50 Å².